The first kappa shape index (κ1) is 25.7. The number of nitrogens with one attached hydrogen (secondary N) is 2. The molecule has 2 N–H and O–H groups in total. The number of amides is 3. The van der Waals surface area contributed by atoms with E-state index in [2.05, 4.69) is 10.6 Å². The number of ether oxygens (including phenoxy) is 3. The first-order valence-corrected chi connectivity index (χ1v) is 12.4. The van der Waals surface area contributed by atoms with Gasteiger partial charge >= 0.3 is 11.8 Å². The minimum absolute atomic E-state index is 0.0128. The monoisotopic (exact) mass is 498 g/mol. The van der Waals surface area contributed by atoms with E-state index in [0.29, 0.717) is 25.1 Å². The van der Waals surface area contributed by atoms with E-state index >= 15 is 0 Å². The van der Waals surface area contributed by atoms with Gasteiger partial charge in [0, 0.05) is 38.7 Å². The lowest BCUT2D eigenvalue weighted by Crippen LogP contribution is -2.47. The fraction of sp³-hybridized carbons (Fsp3) is 0.571. The van der Waals surface area contributed by atoms with Crippen LogP contribution in [0, 0.1) is 0 Å². The minimum atomic E-state index is -3.96. The van der Waals surface area contributed by atoms with Crippen molar-refractivity contribution in [1.29, 1.82) is 0 Å². The Hall–Kier alpha value is -2.90. The van der Waals surface area contributed by atoms with Crippen molar-refractivity contribution in [1.82, 2.24) is 19.8 Å². The quantitative estimate of drug-likeness (QED) is 0.318. The van der Waals surface area contributed by atoms with Crippen molar-refractivity contribution in [2.75, 3.05) is 53.6 Å². The second kappa shape index (κ2) is 11.5. The smallest absolute Gasteiger partial charge is 0.309 e. The van der Waals surface area contributed by atoms with E-state index in [0.717, 1.165) is 17.3 Å². The molecule has 0 bridgehead atoms. The maximum absolute atomic E-state index is 13.1. The highest BCUT2D eigenvalue weighted by atomic mass is 32.2. The molecule has 3 amide bonds. The molecule has 2 aliphatic heterocycles. The average molecular weight is 499 g/mol. The number of sulfonamides is 1. The number of benzene rings is 1. The first-order chi connectivity index (χ1) is 16.3. The molecule has 2 fully saturated rings. The van der Waals surface area contributed by atoms with Gasteiger partial charge in [-0.15, -0.1) is 0 Å². The van der Waals surface area contributed by atoms with Gasteiger partial charge in [-0.3, -0.25) is 14.4 Å². The third-order valence-corrected chi connectivity index (χ3v) is 7.49. The molecule has 188 valence electrons. The highest BCUT2D eigenvalue weighted by molar-refractivity contribution is 7.89. The molecular weight excluding hydrogens is 468 g/mol. The van der Waals surface area contributed by atoms with Crippen molar-refractivity contribution < 1.29 is 37.0 Å². The molecule has 2 heterocycles. The maximum Gasteiger partial charge on any atom is 0.309 e. The van der Waals surface area contributed by atoms with Crippen molar-refractivity contribution in [3.63, 3.8) is 0 Å². The van der Waals surface area contributed by atoms with Crippen molar-refractivity contribution >= 4 is 27.7 Å². The lowest BCUT2D eigenvalue weighted by Gasteiger charge is -2.23. The van der Waals surface area contributed by atoms with Gasteiger partial charge in [0.05, 0.1) is 32.3 Å². The Morgan fingerprint density at radius 1 is 1.12 bits per heavy atom. The van der Waals surface area contributed by atoms with E-state index in [-0.39, 0.29) is 42.8 Å². The van der Waals surface area contributed by atoms with Crippen LogP contribution in [0.3, 0.4) is 0 Å². The van der Waals surface area contributed by atoms with Gasteiger partial charge in [0.15, 0.2) is 11.5 Å². The summed E-state index contributed by atoms with van der Waals surface area (Å²) in [5.41, 5.74) is 0. The molecule has 0 unspecified atom stereocenters. The highest BCUT2D eigenvalue weighted by Gasteiger charge is 2.37. The molecule has 0 radical (unpaired) electrons. The largest absolute Gasteiger partial charge is 0.493 e. The van der Waals surface area contributed by atoms with Gasteiger partial charge in [-0.25, -0.2) is 8.42 Å². The SMILES string of the molecule is COc1ccc(S(=O)(=O)N2CCO[C@@H]2CNC(=O)C(=O)NCCCN2CCCC2=O)cc1OC. The Balaban J connectivity index is 1.50. The van der Waals surface area contributed by atoms with Crippen LogP contribution in [0.2, 0.25) is 0 Å². The van der Waals surface area contributed by atoms with Crippen LogP contribution in [0.15, 0.2) is 23.1 Å². The number of hydrogen-bond donors (Lipinski definition) is 2. The molecule has 1 atom stereocenters. The fourth-order valence-electron chi connectivity index (χ4n) is 3.81. The normalized spacial score (nSPS) is 18.7. The van der Waals surface area contributed by atoms with Crippen LogP contribution in [-0.2, 0) is 29.1 Å². The summed E-state index contributed by atoms with van der Waals surface area (Å²) in [4.78, 5) is 37.5. The van der Waals surface area contributed by atoms with E-state index in [4.69, 9.17) is 14.2 Å². The van der Waals surface area contributed by atoms with E-state index in [1.165, 1.54) is 32.4 Å². The molecule has 13 heteroatoms. The van der Waals surface area contributed by atoms with Crippen molar-refractivity contribution in [2.45, 2.75) is 30.4 Å². The Bertz CT molecular complexity index is 1020. The van der Waals surface area contributed by atoms with Crippen LogP contribution in [-0.4, -0.2) is 95.1 Å². The summed E-state index contributed by atoms with van der Waals surface area (Å²) in [6.07, 6.45) is 0.969. The number of likely N-dealkylation sites (tertiary alicyclic amines) is 1. The Morgan fingerprint density at radius 3 is 2.53 bits per heavy atom. The van der Waals surface area contributed by atoms with E-state index in [1.54, 1.807) is 4.90 Å². The molecule has 1 aromatic rings. The van der Waals surface area contributed by atoms with Gasteiger partial charge in [0.2, 0.25) is 15.9 Å². The van der Waals surface area contributed by atoms with Gasteiger partial charge in [-0.05, 0) is 25.0 Å². The molecule has 34 heavy (non-hydrogen) atoms. The number of rotatable bonds is 10. The third-order valence-electron chi connectivity index (χ3n) is 5.61. The summed E-state index contributed by atoms with van der Waals surface area (Å²) in [6, 6.07) is 4.24. The second-order valence-corrected chi connectivity index (χ2v) is 9.65. The number of methoxy groups -OCH3 is 2. The molecule has 12 nitrogen and oxygen atoms in total. The highest BCUT2D eigenvalue weighted by Crippen LogP contribution is 2.31. The Labute approximate surface area is 198 Å². The topological polar surface area (TPSA) is 144 Å². The van der Waals surface area contributed by atoms with Gasteiger partial charge in [0.25, 0.3) is 0 Å². The van der Waals surface area contributed by atoms with Gasteiger partial charge in [0.1, 0.15) is 6.23 Å². The Kier molecular flexibility index (Phi) is 8.69. The van der Waals surface area contributed by atoms with Crippen LogP contribution in [0.25, 0.3) is 0 Å². The van der Waals surface area contributed by atoms with Crippen LogP contribution >= 0.6 is 0 Å². The van der Waals surface area contributed by atoms with Crippen LogP contribution in [0.5, 0.6) is 11.5 Å². The molecule has 0 spiro atoms. The number of hydrogen-bond acceptors (Lipinski definition) is 8. The molecule has 1 aromatic carbocycles. The number of carbonyl (C=O) groups is 3. The summed E-state index contributed by atoms with van der Waals surface area (Å²) >= 11 is 0. The molecule has 0 aromatic heterocycles. The third kappa shape index (κ3) is 5.96. The van der Waals surface area contributed by atoms with E-state index in [1.807, 2.05) is 0 Å². The predicted molar refractivity (Wildman–Crippen MR) is 120 cm³/mol. The zero-order valence-corrected chi connectivity index (χ0v) is 20.1. The first-order valence-electron chi connectivity index (χ1n) is 11.0. The van der Waals surface area contributed by atoms with Gasteiger partial charge in [-0.2, -0.15) is 4.31 Å². The number of carbonyl (C=O) groups excluding carboxylic acids is 3. The zero-order valence-electron chi connectivity index (χ0n) is 19.2. The second-order valence-electron chi connectivity index (χ2n) is 7.76. The van der Waals surface area contributed by atoms with E-state index < -0.39 is 28.1 Å². The molecule has 2 aliphatic rings. The summed E-state index contributed by atoms with van der Waals surface area (Å²) in [7, 11) is -1.10. The minimum Gasteiger partial charge on any atom is -0.493 e. The summed E-state index contributed by atoms with van der Waals surface area (Å²) in [5, 5.41) is 4.92. The molecule has 0 saturated carbocycles. The molecule has 3 rings (SSSR count). The fourth-order valence-corrected chi connectivity index (χ4v) is 5.33. The van der Waals surface area contributed by atoms with Gasteiger partial charge in [-0.1, -0.05) is 0 Å². The molecule has 0 aliphatic carbocycles. The average Bonchev–Trinajstić information content (AvgIpc) is 3.48. The van der Waals surface area contributed by atoms with E-state index in [9.17, 15) is 22.8 Å². The zero-order chi connectivity index (χ0) is 24.7. The lowest BCUT2D eigenvalue weighted by molar-refractivity contribution is -0.139. The molecular formula is C21H30N4O8S. The van der Waals surface area contributed by atoms with Crippen LogP contribution in [0.1, 0.15) is 19.3 Å². The standard InChI is InChI=1S/C21H30N4O8S/c1-31-16-7-6-15(13-17(16)32-2)34(29,30)25-11-12-33-19(25)14-23-21(28)20(27)22-8-4-10-24-9-3-5-18(24)26/h6-7,13,19H,3-5,8-12,14H2,1-2H3,(H,22,27)(H,23,28)/t19-/m1/s1. The summed E-state index contributed by atoms with van der Waals surface area (Å²) in [6.45, 7) is 1.54. The number of nitrogens with zero attached hydrogens (tertiary/aromatic N) is 2. The predicted octanol–water partition coefficient (Wildman–Crippen LogP) is -0.704. The van der Waals surface area contributed by atoms with Crippen molar-refractivity contribution in [3.05, 3.63) is 18.2 Å². The van der Waals surface area contributed by atoms with Crippen LogP contribution < -0.4 is 20.1 Å². The maximum atomic E-state index is 13.1. The van der Waals surface area contributed by atoms with Crippen molar-refractivity contribution in [3.8, 4) is 11.5 Å². The molecule has 2 saturated heterocycles. The van der Waals surface area contributed by atoms with Gasteiger partial charge < -0.3 is 29.7 Å². The van der Waals surface area contributed by atoms with Crippen molar-refractivity contribution in [2.24, 2.45) is 0 Å². The summed E-state index contributed by atoms with van der Waals surface area (Å²) < 4.78 is 43.2. The Morgan fingerprint density at radius 2 is 1.85 bits per heavy atom. The lowest BCUT2D eigenvalue weighted by atomic mass is 10.3. The van der Waals surface area contributed by atoms with Crippen LogP contribution in [0.4, 0.5) is 0 Å². The summed E-state index contributed by atoms with van der Waals surface area (Å²) in [5.74, 6) is -0.968.